The van der Waals surface area contributed by atoms with Crippen molar-refractivity contribution >= 4 is 0 Å². The highest BCUT2D eigenvalue weighted by Gasteiger charge is 2.44. The molecule has 1 saturated carbocycles. The standard InChI is InChI=1S/C26H29NO/c1-28-25(20-12-5-13-21-25)27-26(22-14-6-2-7-15-22,23-16-8-3-9-17-23)24-18-10-4-11-19-24/h2-4,6-11,14-19,27H,5,12-13,20-21H2,1H3/i1D3. The van der Waals surface area contributed by atoms with E-state index in [0.717, 1.165) is 36.0 Å². The molecule has 1 N–H and O–H groups in total. The number of methoxy groups -OCH3 is 1. The third-order valence-corrected chi connectivity index (χ3v) is 5.89. The highest BCUT2D eigenvalue weighted by atomic mass is 16.5. The summed E-state index contributed by atoms with van der Waals surface area (Å²) in [5.41, 5.74) is 1.43. The third kappa shape index (κ3) is 3.50. The number of benzene rings is 3. The molecule has 4 rings (SSSR count). The van der Waals surface area contributed by atoms with Gasteiger partial charge in [-0.1, -0.05) is 97.4 Å². The fraction of sp³-hybridized carbons (Fsp3) is 0.308. The fourth-order valence-electron chi connectivity index (χ4n) is 4.50. The topological polar surface area (TPSA) is 21.3 Å². The van der Waals surface area contributed by atoms with Crippen LogP contribution in [0.2, 0.25) is 0 Å². The lowest BCUT2D eigenvalue weighted by Gasteiger charge is -2.47. The molecule has 0 atom stereocenters. The normalized spacial score (nSPS) is 18.6. The molecule has 28 heavy (non-hydrogen) atoms. The first-order valence-corrected chi connectivity index (χ1v) is 10.1. The van der Waals surface area contributed by atoms with Gasteiger partial charge in [0.25, 0.3) is 0 Å². The SMILES string of the molecule is [2H]C([2H])([2H])OC1(NC(c2ccccc2)(c2ccccc2)c2ccccc2)CCCCC1. The Morgan fingerprint density at radius 3 is 1.54 bits per heavy atom. The Morgan fingerprint density at radius 2 is 1.14 bits per heavy atom. The molecule has 0 spiro atoms. The Hall–Kier alpha value is -2.42. The summed E-state index contributed by atoms with van der Waals surface area (Å²) in [7, 11) is -2.49. The zero-order valence-corrected chi connectivity index (χ0v) is 16.1. The van der Waals surface area contributed by atoms with Crippen LogP contribution < -0.4 is 5.32 Å². The largest absolute Gasteiger partial charge is 0.364 e. The summed E-state index contributed by atoms with van der Waals surface area (Å²) in [5.74, 6) is 0. The molecule has 3 aromatic rings. The third-order valence-electron chi connectivity index (χ3n) is 5.89. The Kier molecular flexibility index (Phi) is 4.59. The van der Waals surface area contributed by atoms with Crippen molar-refractivity contribution in [3.8, 4) is 0 Å². The van der Waals surface area contributed by atoms with Gasteiger partial charge in [-0.2, -0.15) is 0 Å². The lowest BCUT2D eigenvalue weighted by molar-refractivity contribution is -0.0800. The Labute approximate surface area is 172 Å². The van der Waals surface area contributed by atoms with Crippen molar-refractivity contribution in [1.29, 1.82) is 0 Å². The first-order valence-electron chi connectivity index (χ1n) is 11.6. The van der Waals surface area contributed by atoms with Crippen LogP contribution >= 0.6 is 0 Å². The predicted molar refractivity (Wildman–Crippen MR) is 115 cm³/mol. The van der Waals surface area contributed by atoms with Gasteiger partial charge in [0.1, 0.15) is 5.72 Å². The van der Waals surface area contributed by atoms with Gasteiger partial charge in [-0.15, -0.1) is 0 Å². The smallest absolute Gasteiger partial charge is 0.120 e. The van der Waals surface area contributed by atoms with Crippen molar-refractivity contribution in [2.45, 2.75) is 43.4 Å². The fourth-order valence-corrected chi connectivity index (χ4v) is 4.50. The van der Waals surface area contributed by atoms with Crippen LogP contribution in [0.25, 0.3) is 0 Å². The first kappa shape index (κ1) is 15.5. The predicted octanol–water partition coefficient (Wildman–Crippen LogP) is 5.87. The van der Waals surface area contributed by atoms with Gasteiger partial charge in [-0.25, -0.2) is 0 Å². The van der Waals surface area contributed by atoms with E-state index in [1.807, 2.05) is 54.6 Å². The van der Waals surface area contributed by atoms with E-state index in [1.165, 1.54) is 0 Å². The number of nitrogens with one attached hydrogen (secondary N) is 1. The van der Waals surface area contributed by atoms with Crippen molar-refractivity contribution in [2.75, 3.05) is 7.04 Å². The summed E-state index contributed by atoms with van der Waals surface area (Å²) < 4.78 is 29.5. The Morgan fingerprint density at radius 1 is 0.714 bits per heavy atom. The molecule has 0 radical (unpaired) electrons. The van der Waals surface area contributed by atoms with Crippen LogP contribution in [0, 0.1) is 0 Å². The maximum absolute atomic E-state index is 7.89. The Bertz CT molecular complexity index is 856. The molecule has 2 nitrogen and oxygen atoms in total. The van der Waals surface area contributed by atoms with Gasteiger partial charge in [-0.05, 0) is 42.4 Å². The summed E-state index contributed by atoms with van der Waals surface area (Å²) >= 11 is 0. The van der Waals surface area contributed by atoms with Gasteiger partial charge in [0.15, 0.2) is 0 Å². The number of hydrogen-bond acceptors (Lipinski definition) is 2. The average Bonchev–Trinajstić information content (AvgIpc) is 2.79. The van der Waals surface area contributed by atoms with E-state index in [1.54, 1.807) is 0 Å². The van der Waals surface area contributed by atoms with E-state index in [4.69, 9.17) is 8.85 Å². The lowest BCUT2D eigenvalue weighted by Crippen LogP contribution is -2.59. The van der Waals surface area contributed by atoms with Crippen LogP contribution in [0.4, 0.5) is 0 Å². The summed E-state index contributed by atoms with van der Waals surface area (Å²) in [6.07, 6.45) is 4.25. The summed E-state index contributed by atoms with van der Waals surface area (Å²) in [6.45, 7) is 0. The molecule has 1 aliphatic carbocycles. The highest BCUT2D eigenvalue weighted by Crippen LogP contribution is 2.41. The van der Waals surface area contributed by atoms with Crippen LogP contribution in [0.15, 0.2) is 91.0 Å². The number of ether oxygens (including phenoxy) is 1. The molecule has 3 aromatic carbocycles. The number of rotatable bonds is 6. The maximum Gasteiger partial charge on any atom is 0.120 e. The van der Waals surface area contributed by atoms with E-state index in [2.05, 4.69) is 41.7 Å². The van der Waals surface area contributed by atoms with Crippen LogP contribution in [0.3, 0.4) is 0 Å². The van der Waals surface area contributed by atoms with E-state index in [-0.39, 0.29) is 0 Å². The van der Waals surface area contributed by atoms with Gasteiger partial charge >= 0.3 is 0 Å². The minimum absolute atomic E-state index is 0.652. The van der Waals surface area contributed by atoms with Crippen LogP contribution in [-0.4, -0.2) is 12.8 Å². The quantitative estimate of drug-likeness (QED) is 0.430. The van der Waals surface area contributed by atoms with Crippen molar-refractivity contribution in [2.24, 2.45) is 0 Å². The molecule has 0 saturated heterocycles. The summed E-state index contributed by atoms with van der Waals surface area (Å²) in [6, 6.07) is 30.7. The summed E-state index contributed by atoms with van der Waals surface area (Å²) in [4.78, 5) is 0. The van der Waals surface area contributed by atoms with E-state index < -0.39 is 18.3 Å². The second-order valence-corrected chi connectivity index (χ2v) is 7.63. The highest BCUT2D eigenvalue weighted by molar-refractivity contribution is 5.49. The summed E-state index contributed by atoms with van der Waals surface area (Å²) in [5, 5.41) is 3.81. The van der Waals surface area contributed by atoms with Gasteiger partial charge in [0, 0.05) is 7.04 Å². The minimum atomic E-state index is -2.49. The minimum Gasteiger partial charge on any atom is -0.364 e. The average molecular weight is 375 g/mol. The number of hydrogen-bond donors (Lipinski definition) is 1. The molecule has 0 aliphatic heterocycles. The van der Waals surface area contributed by atoms with E-state index in [0.29, 0.717) is 12.8 Å². The van der Waals surface area contributed by atoms with E-state index in [9.17, 15) is 0 Å². The molecular formula is C26H29NO. The van der Waals surface area contributed by atoms with E-state index >= 15 is 0 Å². The molecule has 1 fully saturated rings. The zero-order valence-electron chi connectivity index (χ0n) is 19.1. The van der Waals surface area contributed by atoms with Crippen molar-refractivity contribution in [3.05, 3.63) is 108 Å². The molecule has 0 aromatic heterocycles. The molecule has 1 aliphatic rings. The van der Waals surface area contributed by atoms with Gasteiger partial charge in [-0.3, -0.25) is 5.32 Å². The monoisotopic (exact) mass is 374 g/mol. The second-order valence-electron chi connectivity index (χ2n) is 7.63. The van der Waals surface area contributed by atoms with Crippen molar-refractivity contribution in [1.82, 2.24) is 5.32 Å². The van der Waals surface area contributed by atoms with Crippen LogP contribution in [0.5, 0.6) is 0 Å². The van der Waals surface area contributed by atoms with Gasteiger partial charge in [0.2, 0.25) is 0 Å². The lowest BCUT2D eigenvalue weighted by atomic mass is 9.75. The molecule has 0 heterocycles. The van der Waals surface area contributed by atoms with Gasteiger partial charge in [0.05, 0.1) is 9.65 Å². The molecule has 144 valence electrons. The molecule has 0 amide bonds. The van der Waals surface area contributed by atoms with Crippen LogP contribution in [-0.2, 0) is 10.3 Å². The van der Waals surface area contributed by atoms with Crippen LogP contribution in [0.1, 0.15) is 52.9 Å². The van der Waals surface area contributed by atoms with Gasteiger partial charge < -0.3 is 4.74 Å². The molecule has 0 unspecified atom stereocenters. The second kappa shape index (κ2) is 8.30. The first-order chi connectivity index (χ1) is 14.9. The molecule has 0 bridgehead atoms. The molecule has 2 heteroatoms. The molecular weight excluding hydrogens is 342 g/mol. The zero-order chi connectivity index (χ0) is 21.8. The van der Waals surface area contributed by atoms with Crippen molar-refractivity contribution < 1.29 is 8.85 Å². The Balaban J connectivity index is 1.95. The van der Waals surface area contributed by atoms with Crippen molar-refractivity contribution in [3.63, 3.8) is 0 Å². The maximum atomic E-state index is 7.89.